The maximum atomic E-state index is 12.1. The molecule has 1 aromatic carbocycles. The third-order valence-corrected chi connectivity index (χ3v) is 3.93. The highest BCUT2D eigenvalue weighted by Gasteiger charge is 2.34. The Balaban J connectivity index is 2.11. The molecule has 1 aromatic rings. The van der Waals surface area contributed by atoms with Gasteiger partial charge in [0.05, 0.1) is 5.56 Å². The third kappa shape index (κ3) is 3.60. The topological polar surface area (TPSA) is 87.0 Å². The Hall–Kier alpha value is -1.91. The van der Waals surface area contributed by atoms with E-state index in [1.54, 1.807) is 0 Å². The van der Waals surface area contributed by atoms with Gasteiger partial charge in [0.1, 0.15) is 6.10 Å². The summed E-state index contributed by atoms with van der Waals surface area (Å²) in [5.74, 6) is -1.85. The summed E-state index contributed by atoms with van der Waals surface area (Å²) < 4.78 is 5.49. The average Bonchev–Trinajstić information content (AvgIpc) is 2.32. The van der Waals surface area contributed by atoms with Crippen LogP contribution in [-0.2, 0) is 4.74 Å². The molecule has 1 saturated carbocycles. The van der Waals surface area contributed by atoms with Gasteiger partial charge in [-0.25, -0.2) is 4.79 Å². The molecule has 0 bridgehead atoms. The van der Waals surface area contributed by atoms with Crippen LogP contribution in [0.5, 0.6) is 17.2 Å². The molecule has 2 unspecified atom stereocenters. The van der Waals surface area contributed by atoms with Crippen molar-refractivity contribution < 1.29 is 24.9 Å². The molecule has 21 heavy (non-hydrogen) atoms. The Morgan fingerprint density at radius 2 is 1.76 bits per heavy atom. The predicted octanol–water partition coefficient (Wildman–Crippen LogP) is 3.18. The van der Waals surface area contributed by atoms with Crippen molar-refractivity contribution >= 4 is 5.97 Å². The molecule has 0 saturated heterocycles. The fourth-order valence-corrected chi connectivity index (χ4v) is 3.29. The van der Waals surface area contributed by atoms with Gasteiger partial charge in [-0.05, 0) is 42.7 Å². The molecule has 2 atom stereocenters. The normalized spacial score (nSPS) is 24.5. The van der Waals surface area contributed by atoms with Crippen LogP contribution >= 0.6 is 0 Å². The van der Waals surface area contributed by atoms with Crippen LogP contribution in [0.2, 0.25) is 0 Å². The molecule has 116 valence electrons. The lowest BCUT2D eigenvalue weighted by Gasteiger charge is -2.38. The molecule has 0 aromatic heterocycles. The fourth-order valence-electron chi connectivity index (χ4n) is 3.29. The van der Waals surface area contributed by atoms with Crippen LogP contribution in [0, 0.1) is 11.3 Å². The van der Waals surface area contributed by atoms with E-state index in [2.05, 4.69) is 20.8 Å². The minimum Gasteiger partial charge on any atom is -0.504 e. The van der Waals surface area contributed by atoms with Gasteiger partial charge in [0.25, 0.3) is 0 Å². The Labute approximate surface area is 124 Å². The summed E-state index contributed by atoms with van der Waals surface area (Å²) in [6.07, 6.45) is 2.53. The molecule has 1 fully saturated rings. The fraction of sp³-hybridized carbons (Fsp3) is 0.562. The van der Waals surface area contributed by atoms with E-state index in [1.807, 2.05) is 0 Å². The molecule has 1 aliphatic rings. The van der Waals surface area contributed by atoms with E-state index in [9.17, 15) is 20.1 Å². The number of ether oxygens (including phenoxy) is 1. The van der Waals surface area contributed by atoms with Crippen molar-refractivity contribution in [3.05, 3.63) is 17.7 Å². The molecule has 3 N–H and O–H groups in total. The molecule has 0 aliphatic heterocycles. The summed E-state index contributed by atoms with van der Waals surface area (Å²) in [5, 5.41) is 28.2. The van der Waals surface area contributed by atoms with Crippen molar-refractivity contribution in [1.29, 1.82) is 0 Å². The molecule has 5 nitrogen and oxygen atoms in total. The minimum absolute atomic E-state index is 0.0267. The lowest BCUT2D eigenvalue weighted by atomic mass is 9.71. The van der Waals surface area contributed by atoms with E-state index in [0.717, 1.165) is 31.4 Å². The Morgan fingerprint density at radius 3 is 2.29 bits per heavy atom. The molecule has 5 heteroatoms. The van der Waals surface area contributed by atoms with Crippen molar-refractivity contribution in [3.8, 4) is 17.2 Å². The highest BCUT2D eigenvalue weighted by Crippen LogP contribution is 2.40. The highest BCUT2D eigenvalue weighted by molar-refractivity contribution is 5.91. The Bertz CT molecular complexity index is 527. The lowest BCUT2D eigenvalue weighted by Crippen LogP contribution is -2.33. The van der Waals surface area contributed by atoms with Gasteiger partial charge >= 0.3 is 5.97 Å². The first-order chi connectivity index (χ1) is 9.68. The van der Waals surface area contributed by atoms with Gasteiger partial charge in [-0.3, -0.25) is 0 Å². The van der Waals surface area contributed by atoms with Crippen LogP contribution in [0.15, 0.2) is 12.1 Å². The van der Waals surface area contributed by atoms with Gasteiger partial charge in [-0.1, -0.05) is 20.8 Å². The van der Waals surface area contributed by atoms with Crippen LogP contribution in [0.1, 0.15) is 50.4 Å². The summed E-state index contributed by atoms with van der Waals surface area (Å²) in [6, 6.07) is 2.18. The maximum Gasteiger partial charge on any atom is 0.338 e. The number of hydrogen-bond donors (Lipinski definition) is 3. The predicted molar refractivity (Wildman–Crippen MR) is 77.4 cm³/mol. The number of rotatable bonds is 2. The Kier molecular flexibility index (Phi) is 4.03. The lowest BCUT2D eigenvalue weighted by molar-refractivity contribution is -0.00721. The first kappa shape index (κ1) is 15.5. The SMILES string of the molecule is CC1CC(OC(=O)c2cc(O)c(O)c(O)c2)CC(C)(C)C1. The van der Waals surface area contributed by atoms with E-state index in [-0.39, 0.29) is 17.1 Å². The molecule has 0 heterocycles. The largest absolute Gasteiger partial charge is 0.504 e. The second-order valence-corrected chi connectivity index (χ2v) is 6.80. The van der Waals surface area contributed by atoms with Crippen LogP contribution < -0.4 is 0 Å². The number of carbonyl (C=O) groups excluding carboxylic acids is 1. The van der Waals surface area contributed by atoms with Gasteiger partial charge in [0.2, 0.25) is 0 Å². The van der Waals surface area contributed by atoms with Crippen LogP contribution in [-0.4, -0.2) is 27.4 Å². The molecule has 0 amide bonds. The van der Waals surface area contributed by atoms with Gasteiger partial charge < -0.3 is 20.1 Å². The average molecular weight is 294 g/mol. The number of esters is 1. The minimum atomic E-state index is -0.640. The third-order valence-electron chi connectivity index (χ3n) is 3.93. The van der Waals surface area contributed by atoms with Crippen molar-refractivity contribution in [2.24, 2.45) is 11.3 Å². The number of carbonyl (C=O) groups is 1. The highest BCUT2D eigenvalue weighted by atomic mass is 16.5. The molecule has 0 radical (unpaired) electrons. The molecule has 2 rings (SSSR count). The van der Waals surface area contributed by atoms with Gasteiger partial charge in [-0.15, -0.1) is 0 Å². The first-order valence-corrected chi connectivity index (χ1v) is 7.14. The zero-order chi connectivity index (χ0) is 15.8. The summed E-state index contributed by atoms with van der Waals surface area (Å²) in [4.78, 5) is 12.1. The number of aromatic hydroxyl groups is 3. The van der Waals surface area contributed by atoms with Crippen molar-refractivity contribution in [2.75, 3.05) is 0 Å². The van der Waals surface area contributed by atoms with Crippen molar-refractivity contribution in [3.63, 3.8) is 0 Å². The van der Waals surface area contributed by atoms with Crippen molar-refractivity contribution in [2.45, 2.75) is 46.1 Å². The quantitative estimate of drug-likeness (QED) is 0.576. The smallest absolute Gasteiger partial charge is 0.338 e. The second kappa shape index (κ2) is 5.47. The van der Waals surface area contributed by atoms with Crippen LogP contribution in [0.3, 0.4) is 0 Å². The van der Waals surface area contributed by atoms with E-state index in [1.165, 1.54) is 0 Å². The van der Waals surface area contributed by atoms with E-state index in [4.69, 9.17) is 4.74 Å². The van der Waals surface area contributed by atoms with Gasteiger partial charge in [0.15, 0.2) is 17.2 Å². The zero-order valence-electron chi connectivity index (χ0n) is 12.6. The number of phenolic OH excluding ortho intramolecular Hbond substituents is 3. The van der Waals surface area contributed by atoms with Gasteiger partial charge in [-0.2, -0.15) is 0 Å². The monoisotopic (exact) mass is 294 g/mol. The first-order valence-electron chi connectivity index (χ1n) is 7.14. The summed E-state index contributed by atoms with van der Waals surface area (Å²) in [5.41, 5.74) is 0.154. The zero-order valence-corrected chi connectivity index (χ0v) is 12.6. The number of benzene rings is 1. The summed E-state index contributed by atoms with van der Waals surface area (Å²) in [7, 11) is 0. The van der Waals surface area contributed by atoms with E-state index >= 15 is 0 Å². The Morgan fingerprint density at radius 1 is 1.19 bits per heavy atom. The number of phenols is 3. The maximum absolute atomic E-state index is 12.1. The van der Waals surface area contributed by atoms with E-state index < -0.39 is 23.2 Å². The van der Waals surface area contributed by atoms with Crippen LogP contribution in [0.4, 0.5) is 0 Å². The molecule has 0 spiro atoms. The second-order valence-electron chi connectivity index (χ2n) is 6.80. The van der Waals surface area contributed by atoms with Gasteiger partial charge in [0, 0.05) is 0 Å². The van der Waals surface area contributed by atoms with Crippen LogP contribution in [0.25, 0.3) is 0 Å². The summed E-state index contributed by atoms with van der Waals surface area (Å²) >= 11 is 0. The molecular weight excluding hydrogens is 272 g/mol. The standard InChI is InChI=1S/C16H22O5/c1-9-4-11(8-16(2,3)7-9)21-15(20)10-5-12(17)14(19)13(18)6-10/h5-6,9,11,17-19H,4,7-8H2,1-3H3. The summed E-state index contributed by atoms with van der Waals surface area (Å²) in [6.45, 7) is 6.45. The van der Waals surface area contributed by atoms with E-state index in [0.29, 0.717) is 5.92 Å². The molecular formula is C16H22O5. The number of hydrogen-bond acceptors (Lipinski definition) is 5. The van der Waals surface area contributed by atoms with Crippen molar-refractivity contribution in [1.82, 2.24) is 0 Å². The molecule has 1 aliphatic carbocycles.